The fraction of sp³-hybridized carbons (Fsp3) is 0.441. The van der Waals surface area contributed by atoms with Crippen molar-refractivity contribution >= 4 is 22.9 Å². The van der Waals surface area contributed by atoms with Crippen molar-refractivity contribution in [3.63, 3.8) is 0 Å². The highest BCUT2D eigenvalue weighted by molar-refractivity contribution is 5.97. The van der Waals surface area contributed by atoms with Crippen molar-refractivity contribution in [3.05, 3.63) is 69.4 Å². The van der Waals surface area contributed by atoms with Crippen molar-refractivity contribution in [1.82, 2.24) is 24.4 Å². The number of ether oxygens (including phenoxy) is 2. The van der Waals surface area contributed by atoms with Crippen molar-refractivity contribution < 1.29 is 23.0 Å². The number of nitrogens with zero attached hydrogens (tertiary/aromatic N) is 6. The summed E-state index contributed by atoms with van der Waals surface area (Å²) in [6.45, 7) is 15.1. The van der Waals surface area contributed by atoms with Gasteiger partial charge in [-0.05, 0) is 70.7 Å². The van der Waals surface area contributed by atoms with Gasteiger partial charge in [0.25, 0.3) is 0 Å². The molecule has 0 saturated carbocycles. The molecule has 0 bridgehead atoms. The maximum Gasteiger partial charge on any atom is 0.410 e. The third-order valence-electron chi connectivity index (χ3n) is 8.39. The Balaban J connectivity index is 1.65. The minimum absolute atomic E-state index is 0.0301. The molecule has 1 fully saturated rings. The minimum Gasteiger partial charge on any atom is -0.487 e. The molecular formula is C34H38F2N6O4. The van der Waals surface area contributed by atoms with Crippen LogP contribution in [0.1, 0.15) is 64.3 Å². The van der Waals surface area contributed by atoms with Crippen LogP contribution < -0.4 is 15.3 Å². The standard InChI is InChI=1S/C34H38F2N6O4/c1-17(2)26-28(19(4)12-13-37-26)42-30-24-29(25(36)27(38-30)23-18(3)10-9-11-22(23)35)45-16-21-15-40(33(44)46-34(6,7)8)14-20(5)41(21)31(24)39-32(42)43/h9-13,17,20-21H,14-16H2,1-8H3/t20-,21+/m0/s1. The molecule has 242 valence electrons. The molecule has 0 spiro atoms. The Hall–Kier alpha value is -4.61. The summed E-state index contributed by atoms with van der Waals surface area (Å²) in [6, 6.07) is 5.38. The van der Waals surface area contributed by atoms with Gasteiger partial charge in [-0.25, -0.2) is 27.9 Å². The molecule has 0 N–H and O–H groups in total. The Bertz CT molecular complexity index is 1920. The number of pyridine rings is 2. The molecule has 4 aromatic rings. The summed E-state index contributed by atoms with van der Waals surface area (Å²) in [5.74, 6) is -1.59. The maximum atomic E-state index is 16.7. The molecule has 0 unspecified atom stereocenters. The highest BCUT2D eigenvalue weighted by atomic mass is 19.1. The number of fused-ring (bicyclic) bond motifs is 2. The average molecular weight is 633 g/mol. The van der Waals surface area contributed by atoms with Crippen LogP contribution in [0.2, 0.25) is 0 Å². The molecule has 0 radical (unpaired) electrons. The van der Waals surface area contributed by atoms with Crippen LogP contribution in [0.4, 0.5) is 19.4 Å². The first-order chi connectivity index (χ1) is 21.7. The van der Waals surface area contributed by atoms with Gasteiger partial charge in [0.2, 0.25) is 0 Å². The summed E-state index contributed by atoms with van der Waals surface area (Å²) in [4.78, 5) is 44.7. The summed E-state index contributed by atoms with van der Waals surface area (Å²) >= 11 is 0. The molecule has 1 amide bonds. The van der Waals surface area contributed by atoms with Crippen molar-refractivity contribution in [2.75, 3.05) is 24.6 Å². The number of rotatable bonds is 3. The topological polar surface area (TPSA) is 103 Å². The molecule has 12 heteroatoms. The van der Waals surface area contributed by atoms with Gasteiger partial charge in [-0.3, -0.25) is 4.98 Å². The van der Waals surface area contributed by atoms with Crippen molar-refractivity contribution in [2.45, 2.75) is 79.0 Å². The van der Waals surface area contributed by atoms with E-state index in [1.54, 1.807) is 57.0 Å². The van der Waals surface area contributed by atoms with Crippen molar-refractivity contribution in [3.8, 4) is 22.7 Å². The van der Waals surface area contributed by atoms with Crippen LogP contribution in [0.5, 0.6) is 5.75 Å². The van der Waals surface area contributed by atoms with Gasteiger partial charge in [-0.1, -0.05) is 26.0 Å². The maximum absolute atomic E-state index is 16.7. The number of hydrogen-bond donors (Lipinski definition) is 0. The first-order valence-electron chi connectivity index (χ1n) is 15.4. The summed E-state index contributed by atoms with van der Waals surface area (Å²) in [6.07, 6.45) is 1.19. The molecule has 1 saturated heterocycles. The number of anilines is 1. The van der Waals surface area contributed by atoms with Gasteiger partial charge < -0.3 is 19.3 Å². The highest BCUT2D eigenvalue weighted by Gasteiger charge is 2.42. The second-order valence-corrected chi connectivity index (χ2v) is 13.4. The van der Waals surface area contributed by atoms with E-state index in [4.69, 9.17) is 14.5 Å². The van der Waals surface area contributed by atoms with Crippen LogP contribution >= 0.6 is 0 Å². The van der Waals surface area contributed by atoms with Crippen LogP contribution in [0.15, 0.2) is 35.3 Å². The Morgan fingerprint density at radius 3 is 2.50 bits per heavy atom. The van der Waals surface area contributed by atoms with E-state index in [0.29, 0.717) is 16.9 Å². The molecule has 0 aliphatic carbocycles. The normalized spacial score (nSPS) is 18.0. The SMILES string of the molecule is Cc1cccc(F)c1-c1nc2c3c(nc(=O)n2-c2c(C)ccnc2C(C)C)N2[C@@H](COc3c1F)CN(C(=O)OC(C)(C)C)C[C@@H]2C. The van der Waals surface area contributed by atoms with Gasteiger partial charge in [0.1, 0.15) is 34.9 Å². The minimum atomic E-state index is -0.863. The summed E-state index contributed by atoms with van der Waals surface area (Å²) in [5.41, 5.74) is 0.732. The van der Waals surface area contributed by atoms with Crippen LogP contribution in [-0.4, -0.2) is 67.9 Å². The van der Waals surface area contributed by atoms with Crippen LogP contribution in [-0.2, 0) is 4.74 Å². The molecule has 2 aliphatic rings. The average Bonchev–Trinajstić information content (AvgIpc) is 3.12. The van der Waals surface area contributed by atoms with E-state index in [9.17, 15) is 9.59 Å². The van der Waals surface area contributed by atoms with Crippen LogP contribution in [0, 0.1) is 25.5 Å². The molecule has 46 heavy (non-hydrogen) atoms. The fourth-order valence-corrected chi connectivity index (χ4v) is 6.44. The van der Waals surface area contributed by atoms with E-state index in [2.05, 4.69) is 9.97 Å². The fourth-order valence-electron chi connectivity index (χ4n) is 6.44. The largest absolute Gasteiger partial charge is 0.487 e. The molecule has 1 aromatic carbocycles. The molecule has 6 rings (SSSR count). The lowest BCUT2D eigenvalue weighted by molar-refractivity contribution is 0.0172. The first-order valence-corrected chi connectivity index (χ1v) is 15.4. The Morgan fingerprint density at radius 1 is 1.09 bits per heavy atom. The van der Waals surface area contributed by atoms with Crippen molar-refractivity contribution in [2.24, 2.45) is 0 Å². The zero-order valence-electron chi connectivity index (χ0n) is 27.3. The number of carbonyl (C=O) groups excluding carboxylic acids is 1. The molecule has 10 nitrogen and oxygen atoms in total. The quantitative estimate of drug-likeness (QED) is 0.268. The second-order valence-electron chi connectivity index (χ2n) is 13.4. The molecule has 3 aromatic heterocycles. The number of halogens is 2. The van der Waals surface area contributed by atoms with Gasteiger partial charge in [-0.2, -0.15) is 4.98 Å². The third-order valence-corrected chi connectivity index (χ3v) is 8.39. The van der Waals surface area contributed by atoms with Crippen LogP contribution in [0.3, 0.4) is 0 Å². The predicted molar refractivity (Wildman–Crippen MR) is 171 cm³/mol. The van der Waals surface area contributed by atoms with E-state index in [-0.39, 0.29) is 65.5 Å². The Kier molecular flexibility index (Phi) is 7.72. The number of carbonyl (C=O) groups is 1. The number of amides is 1. The van der Waals surface area contributed by atoms with Gasteiger partial charge in [0, 0.05) is 30.9 Å². The zero-order valence-corrected chi connectivity index (χ0v) is 27.3. The molecule has 2 aliphatic heterocycles. The Labute approximate surface area is 266 Å². The lowest BCUT2D eigenvalue weighted by Gasteiger charge is -2.45. The number of hydrogen-bond acceptors (Lipinski definition) is 8. The van der Waals surface area contributed by atoms with E-state index in [1.165, 1.54) is 10.6 Å². The third kappa shape index (κ3) is 5.23. The molecular weight excluding hydrogens is 594 g/mol. The number of piperazine rings is 1. The summed E-state index contributed by atoms with van der Waals surface area (Å²) < 4.78 is 45.4. The van der Waals surface area contributed by atoms with Gasteiger partial charge >= 0.3 is 11.8 Å². The molecule has 5 heterocycles. The number of benzene rings is 1. The van der Waals surface area contributed by atoms with Gasteiger partial charge in [0.05, 0.1) is 17.4 Å². The lowest BCUT2D eigenvalue weighted by atomic mass is 10.0. The van der Waals surface area contributed by atoms with E-state index in [1.807, 2.05) is 32.6 Å². The van der Waals surface area contributed by atoms with Gasteiger partial charge in [0.15, 0.2) is 17.2 Å². The monoisotopic (exact) mass is 632 g/mol. The summed E-state index contributed by atoms with van der Waals surface area (Å²) in [7, 11) is 0. The number of aromatic nitrogens is 4. The highest BCUT2D eigenvalue weighted by Crippen LogP contribution is 2.43. The second kappa shape index (κ2) is 11.3. The lowest BCUT2D eigenvalue weighted by Crippen LogP contribution is -2.61. The van der Waals surface area contributed by atoms with E-state index < -0.39 is 35.1 Å². The molecule has 2 atom stereocenters. The van der Waals surface area contributed by atoms with E-state index >= 15 is 8.78 Å². The van der Waals surface area contributed by atoms with Gasteiger partial charge in [-0.15, -0.1) is 0 Å². The number of aryl methyl sites for hydroxylation is 2. The van der Waals surface area contributed by atoms with Crippen molar-refractivity contribution in [1.29, 1.82) is 0 Å². The zero-order chi connectivity index (χ0) is 33.2. The predicted octanol–water partition coefficient (Wildman–Crippen LogP) is 6.07. The van der Waals surface area contributed by atoms with E-state index in [0.717, 1.165) is 5.56 Å². The van der Waals surface area contributed by atoms with Crippen LogP contribution in [0.25, 0.3) is 28.0 Å². The smallest absolute Gasteiger partial charge is 0.410 e. The first kappa shape index (κ1) is 31.4. The summed E-state index contributed by atoms with van der Waals surface area (Å²) in [5, 5.41) is 0.188. The Morgan fingerprint density at radius 2 is 1.83 bits per heavy atom.